The van der Waals surface area contributed by atoms with Gasteiger partial charge < -0.3 is 4.90 Å². The fraction of sp³-hybridized carbons (Fsp3) is 0.611. The Morgan fingerprint density at radius 3 is 2.40 bits per heavy atom. The van der Waals surface area contributed by atoms with Gasteiger partial charge in [0.1, 0.15) is 0 Å². The molecule has 0 unspecified atom stereocenters. The van der Waals surface area contributed by atoms with Crippen molar-refractivity contribution >= 4 is 38.9 Å². The van der Waals surface area contributed by atoms with Crippen LogP contribution < -0.4 is 0 Å². The monoisotopic (exact) mass is 405 g/mol. The molecule has 1 aromatic carbocycles. The van der Waals surface area contributed by atoms with Crippen LogP contribution in [0, 0.1) is 5.92 Å². The molecule has 0 spiro atoms. The fourth-order valence-corrected chi connectivity index (χ4v) is 5.62. The number of aryl methyl sites for hydroxylation is 1. The van der Waals surface area contributed by atoms with E-state index in [1.807, 2.05) is 19.9 Å². The Morgan fingerprint density at radius 1 is 1.20 bits per heavy atom. The zero-order valence-electron chi connectivity index (χ0n) is 14.7. The Bertz CT molecular complexity index is 711. The third kappa shape index (κ3) is 5.87. The average molecular weight is 406 g/mol. The van der Waals surface area contributed by atoms with Crippen molar-refractivity contribution in [3.8, 4) is 0 Å². The van der Waals surface area contributed by atoms with E-state index in [2.05, 4.69) is 0 Å². The molecule has 0 radical (unpaired) electrons. The summed E-state index contributed by atoms with van der Waals surface area (Å²) in [6.45, 7) is 4.86. The molecule has 25 heavy (non-hydrogen) atoms. The first-order valence-electron chi connectivity index (χ1n) is 8.62. The van der Waals surface area contributed by atoms with Gasteiger partial charge in [-0.05, 0) is 42.9 Å². The van der Waals surface area contributed by atoms with Crippen molar-refractivity contribution in [1.82, 2.24) is 4.90 Å². The summed E-state index contributed by atoms with van der Waals surface area (Å²) in [5, 5.41) is 0.679. The lowest BCUT2D eigenvalue weighted by molar-refractivity contribution is -0.132. The highest BCUT2D eigenvalue weighted by Crippen LogP contribution is 2.24. The van der Waals surface area contributed by atoms with Gasteiger partial charge in [0, 0.05) is 19.5 Å². The molecule has 1 aliphatic rings. The van der Waals surface area contributed by atoms with Gasteiger partial charge in [-0.1, -0.05) is 43.1 Å². The third-order valence-corrected chi connectivity index (χ3v) is 7.84. The highest BCUT2D eigenvalue weighted by atomic mass is 35.5. The number of sulfone groups is 1. The molecule has 0 aromatic heterocycles. The summed E-state index contributed by atoms with van der Waals surface area (Å²) in [6, 6.07) is 5.38. The lowest BCUT2D eigenvalue weighted by atomic mass is 10.1. The number of rotatable bonds is 6. The maximum atomic E-state index is 12.4. The summed E-state index contributed by atoms with van der Waals surface area (Å²) in [4.78, 5) is 14.2. The van der Waals surface area contributed by atoms with Crippen LogP contribution in [0.2, 0.25) is 10.0 Å². The second-order valence-electron chi connectivity index (χ2n) is 7.05. The minimum Gasteiger partial charge on any atom is -0.343 e. The highest BCUT2D eigenvalue weighted by Gasteiger charge is 2.31. The van der Waals surface area contributed by atoms with Crippen LogP contribution in [0.25, 0.3) is 0 Å². The molecule has 2 rings (SSSR count). The van der Waals surface area contributed by atoms with Crippen LogP contribution in [0.5, 0.6) is 0 Å². The maximum Gasteiger partial charge on any atom is 0.222 e. The molecule has 1 fully saturated rings. The topological polar surface area (TPSA) is 54.5 Å². The van der Waals surface area contributed by atoms with E-state index in [0.29, 0.717) is 48.8 Å². The standard InChI is InChI=1S/C18H25Cl2NO3S/c1-13(2)12-25(23,24)15-7-9-21(10-8-15)18(22)6-4-14-3-5-16(19)17(20)11-14/h3,5,11,13,15H,4,6-10,12H2,1-2H3. The Balaban J connectivity index is 1.84. The first-order chi connectivity index (χ1) is 11.7. The van der Waals surface area contributed by atoms with Gasteiger partial charge in [0.2, 0.25) is 5.91 Å². The molecule has 0 saturated carbocycles. The molecule has 140 valence electrons. The van der Waals surface area contributed by atoms with Gasteiger partial charge in [0.25, 0.3) is 0 Å². The van der Waals surface area contributed by atoms with E-state index in [0.717, 1.165) is 5.56 Å². The molecule has 1 saturated heterocycles. The third-order valence-electron chi connectivity index (χ3n) is 4.48. The van der Waals surface area contributed by atoms with Gasteiger partial charge in [0.05, 0.1) is 21.0 Å². The number of hydrogen-bond acceptors (Lipinski definition) is 3. The largest absolute Gasteiger partial charge is 0.343 e. The van der Waals surface area contributed by atoms with Crippen LogP contribution in [0.3, 0.4) is 0 Å². The zero-order chi connectivity index (χ0) is 18.6. The number of benzene rings is 1. The summed E-state index contributed by atoms with van der Waals surface area (Å²) >= 11 is 11.9. The summed E-state index contributed by atoms with van der Waals surface area (Å²) < 4.78 is 24.6. The van der Waals surface area contributed by atoms with E-state index in [1.54, 1.807) is 17.0 Å². The maximum absolute atomic E-state index is 12.4. The second kappa shape index (κ2) is 8.74. The van der Waals surface area contributed by atoms with Crippen LogP contribution in [0.15, 0.2) is 18.2 Å². The van der Waals surface area contributed by atoms with Gasteiger partial charge in [-0.25, -0.2) is 8.42 Å². The molecular weight excluding hydrogens is 381 g/mol. The molecule has 1 aromatic rings. The van der Waals surface area contributed by atoms with E-state index < -0.39 is 9.84 Å². The number of piperidine rings is 1. The van der Waals surface area contributed by atoms with E-state index in [9.17, 15) is 13.2 Å². The van der Waals surface area contributed by atoms with E-state index in [4.69, 9.17) is 23.2 Å². The van der Waals surface area contributed by atoms with Crippen LogP contribution in [-0.4, -0.2) is 43.3 Å². The van der Waals surface area contributed by atoms with Gasteiger partial charge in [-0.2, -0.15) is 0 Å². The van der Waals surface area contributed by atoms with Gasteiger partial charge in [0.15, 0.2) is 9.84 Å². The molecule has 1 heterocycles. The molecule has 0 bridgehead atoms. The molecule has 0 atom stereocenters. The lowest BCUT2D eigenvalue weighted by Gasteiger charge is -2.32. The average Bonchev–Trinajstić information content (AvgIpc) is 2.54. The first-order valence-corrected chi connectivity index (χ1v) is 11.1. The molecule has 7 heteroatoms. The first kappa shape index (κ1) is 20.5. The second-order valence-corrected chi connectivity index (χ2v) is 10.2. The summed E-state index contributed by atoms with van der Waals surface area (Å²) in [5.74, 6) is 0.421. The predicted octanol–water partition coefficient (Wildman–Crippen LogP) is 3.99. The number of likely N-dealkylation sites (tertiary alicyclic amines) is 1. The van der Waals surface area contributed by atoms with Gasteiger partial charge in [-0.15, -0.1) is 0 Å². The van der Waals surface area contributed by atoms with Crippen molar-refractivity contribution in [3.05, 3.63) is 33.8 Å². The van der Waals surface area contributed by atoms with Crippen molar-refractivity contribution in [2.75, 3.05) is 18.8 Å². The van der Waals surface area contributed by atoms with Crippen molar-refractivity contribution in [2.45, 2.75) is 44.8 Å². The van der Waals surface area contributed by atoms with Crippen LogP contribution >= 0.6 is 23.2 Å². The number of carbonyl (C=O) groups is 1. The normalized spacial score (nSPS) is 16.4. The molecule has 0 N–H and O–H groups in total. The Morgan fingerprint density at radius 2 is 1.84 bits per heavy atom. The van der Waals surface area contributed by atoms with Crippen molar-refractivity contribution in [2.24, 2.45) is 5.92 Å². The molecule has 1 amide bonds. The van der Waals surface area contributed by atoms with Crippen LogP contribution in [-0.2, 0) is 21.1 Å². The van der Waals surface area contributed by atoms with Gasteiger partial charge >= 0.3 is 0 Å². The highest BCUT2D eigenvalue weighted by molar-refractivity contribution is 7.92. The quantitative estimate of drug-likeness (QED) is 0.718. The SMILES string of the molecule is CC(C)CS(=O)(=O)C1CCN(C(=O)CCc2ccc(Cl)c(Cl)c2)CC1. The smallest absolute Gasteiger partial charge is 0.222 e. The summed E-state index contributed by atoms with van der Waals surface area (Å²) in [7, 11) is -3.06. The number of amides is 1. The van der Waals surface area contributed by atoms with Gasteiger partial charge in [-0.3, -0.25) is 4.79 Å². The molecule has 1 aliphatic heterocycles. The summed E-state index contributed by atoms with van der Waals surface area (Å²) in [5.41, 5.74) is 0.970. The molecular formula is C18H25Cl2NO3S. The van der Waals surface area contributed by atoms with Crippen molar-refractivity contribution in [3.63, 3.8) is 0 Å². The lowest BCUT2D eigenvalue weighted by Crippen LogP contribution is -2.43. The van der Waals surface area contributed by atoms with E-state index in [-0.39, 0.29) is 22.8 Å². The summed E-state index contributed by atoms with van der Waals surface area (Å²) in [6.07, 6.45) is 2.06. The zero-order valence-corrected chi connectivity index (χ0v) is 17.0. The molecule has 0 aliphatic carbocycles. The van der Waals surface area contributed by atoms with Crippen LogP contribution in [0.4, 0.5) is 0 Å². The predicted molar refractivity (Wildman–Crippen MR) is 103 cm³/mol. The van der Waals surface area contributed by atoms with Crippen molar-refractivity contribution in [1.29, 1.82) is 0 Å². The van der Waals surface area contributed by atoms with Crippen LogP contribution in [0.1, 0.15) is 38.7 Å². The Kier molecular flexibility index (Phi) is 7.18. The van der Waals surface area contributed by atoms with E-state index >= 15 is 0 Å². The molecule has 4 nitrogen and oxygen atoms in total. The number of carbonyl (C=O) groups excluding carboxylic acids is 1. The van der Waals surface area contributed by atoms with Crippen molar-refractivity contribution < 1.29 is 13.2 Å². The Hall–Kier alpha value is -0.780. The minimum absolute atomic E-state index is 0.0609. The fourth-order valence-electron chi connectivity index (χ4n) is 3.17. The number of halogens is 2. The van der Waals surface area contributed by atoms with E-state index in [1.165, 1.54) is 0 Å². The number of hydrogen-bond donors (Lipinski definition) is 0. The Labute approximate surface area is 160 Å². The minimum atomic E-state index is -3.06. The number of nitrogens with zero attached hydrogens (tertiary/aromatic N) is 1.